The second-order valence-electron chi connectivity index (χ2n) is 13.2. The summed E-state index contributed by atoms with van der Waals surface area (Å²) in [6.07, 6.45) is 0. The Morgan fingerprint density at radius 2 is 0.706 bits per heavy atom. The monoisotopic (exact) mass is 651 g/mol. The van der Waals surface area contributed by atoms with Gasteiger partial charge < -0.3 is 13.4 Å². The van der Waals surface area contributed by atoms with Crippen LogP contribution in [0.15, 0.2) is 185 Å². The number of hydrogen-bond donors (Lipinski definition) is 0. The molecule has 11 aromatic rings. The van der Waals surface area contributed by atoms with Gasteiger partial charge in [0.1, 0.15) is 22.3 Å². The lowest BCUT2D eigenvalue weighted by atomic mass is 9.98. The van der Waals surface area contributed by atoms with E-state index in [0.717, 1.165) is 82.9 Å². The van der Waals surface area contributed by atoms with Gasteiger partial charge in [-0.2, -0.15) is 0 Å². The molecule has 0 aliphatic heterocycles. The fourth-order valence-electron chi connectivity index (χ4n) is 8.16. The number of para-hydroxylation sites is 6. The largest absolute Gasteiger partial charge is 0.455 e. The summed E-state index contributed by atoms with van der Waals surface area (Å²) < 4.78 is 15.7. The van der Waals surface area contributed by atoms with Crippen LogP contribution >= 0.6 is 0 Å². The zero-order valence-corrected chi connectivity index (χ0v) is 27.5. The van der Waals surface area contributed by atoms with E-state index in [-0.39, 0.29) is 0 Å². The molecule has 3 nitrogen and oxygen atoms in total. The third-order valence-corrected chi connectivity index (χ3v) is 10.4. The van der Waals surface area contributed by atoms with Gasteiger partial charge in [-0.1, -0.05) is 152 Å². The molecule has 0 saturated carbocycles. The number of nitrogens with zero attached hydrogens (tertiary/aromatic N) is 1. The normalized spacial score (nSPS) is 11.9. The number of furan rings is 2. The van der Waals surface area contributed by atoms with Crippen LogP contribution in [0, 0.1) is 0 Å². The molecule has 0 fully saturated rings. The molecule has 0 spiro atoms. The zero-order valence-electron chi connectivity index (χ0n) is 27.5. The highest BCUT2D eigenvalue weighted by Gasteiger charge is 2.23. The van der Waals surface area contributed by atoms with Gasteiger partial charge >= 0.3 is 0 Å². The minimum atomic E-state index is 0.894. The van der Waals surface area contributed by atoms with E-state index in [2.05, 4.69) is 168 Å². The molecule has 0 amide bonds. The summed E-state index contributed by atoms with van der Waals surface area (Å²) in [6.45, 7) is 0. The predicted octanol–water partition coefficient (Wildman–Crippen LogP) is 13.6. The SMILES string of the molecule is c1ccc(-c2ccc(-n3c4c(-c5cccc6c5oc5ccccc56)cccc4c4cccc(-c5cccc6c5oc5ccccc56)c43)cc2)cc1. The fourth-order valence-corrected chi connectivity index (χ4v) is 8.16. The molecule has 0 radical (unpaired) electrons. The molecule has 0 N–H and O–H groups in total. The summed E-state index contributed by atoms with van der Waals surface area (Å²) >= 11 is 0. The lowest BCUT2D eigenvalue weighted by Crippen LogP contribution is -1.97. The van der Waals surface area contributed by atoms with Gasteiger partial charge in [-0.05, 0) is 35.4 Å². The smallest absolute Gasteiger partial charge is 0.143 e. The Morgan fingerprint density at radius 1 is 0.294 bits per heavy atom. The molecule has 3 aromatic heterocycles. The Kier molecular flexibility index (Phi) is 5.96. The molecule has 8 aromatic carbocycles. The highest BCUT2D eigenvalue weighted by Crippen LogP contribution is 2.46. The first kappa shape index (κ1) is 28.0. The first-order valence-corrected chi connectivity index (χ1v) is 17.4. The number of rotatable bonds is 4. The number of hydrogen-bond acceptors (Lipinski definition) is 2. The molecule has 0 aliphatic carbocycles. The molecular formula is C48H29NO2. The lowest BCUT2D eigenvalue weighted by molar-refractivity contribution is 0.669. The molecule has 0 bridgehead atoms. The molecule has 0 atom stereocenters. The van der Waals surface area contributed by atoms with Crippen LogP contribution in [0.4, 0.5) is 0 Å². The molecule has 0 aliphatic rings. The molecule has 238 valence electrons. The molecule has 3 heterocycles. The molecule has 0 saturated heterocycles. The lowest BCUT2D eigenvalue weighted by Gasteiger charge is -2.15. The van der Waals surface area contributed by atoms with E-state index in [1.54, 1.807) is 0 Å². The van der Waals surface area contributed by atoms with Gasteiger partial charge in [0.25, 0.3) is 0 Å². The van der Waals surface area contributed by atoms with Crippen LogP contribution in [0.3, 0.4) is 0 Å². The average molecular weight is 652 g/mol. The summed E-state index contributed by atoms with van der Waals surface area (Å²) in [5.41, 5.74) is 13.7. The van der Waals surface area contributed by atoms with Crippen LogP contribution in [0.5, 0.6) is 0 Å². The van der Waals surface area contributed by atoms with Gasteiger partial charge in [0.15, 0.2) is 0 Å². The van der Waals surface area contributed by atoms with Crippen molar-refractivity contribution in [1.29, 1.82) is 0 Å². The molecule has 51 heavy (non-hydrogen) atoms. The fraction of sp³-hybridized carbons (Fsp3) is 0. The van der Waals surface area contributed by atoms with E-state index in [4.69, 9.17) is 8.83 Å². The second-order valence-corrected chi connectivity index (χ2v) is 13.2. The van der Waals surface area contributed by atoms with Crippen molar-refractivity contribution < 1.29 is 8.83 Å². The van der Waals surface area contributed by atoms with Crippen molar-refractivity contribution in [2.75, 3.05) is 0 Å². The maximum atomic E-state index is 6.62. The van der Waals surface area contributed by atoms with E-state index in [1.165, 1.54) is 21.9 Å². The van der Waals surface area contributed by atoms with E-state index in [0.29, 0.717) is 0 Å². The third-order valence-electron chi connectivity index (χ3n) is 10.4. The van der Waals surface area contributed by atoms with Gasteiger partial charge in [0.2, 0.25) is 0 Å². The highest BCUT2D eigenvalue weighted by molar-refractivity contribution is 6.21. The van der Waals surface area contributed by atoms with Gasteiger partial charge in [0, 0.05) is 60.3 Å². The van der Waals surface area contributed by atoms with Gasteiger partial charge in [-0.3, -0.25) is 0 Å². The minimum Gasteiger partial charge on any atom is -0.455 e. The van der Waals surface area contributed by atoms with E-state index in [1.807, 2.05) is 12.1 Å². The van der Waals surface area contributed by atoms with Crippen molar-refractivity contribution in [3.05, 3.63) is 176 Å². The Morgan fingerprint density at radius 3 is 1.24 bits per heavy atom. The minimum absolute atomic E-state index is 0.894. The summed E-state index contributed by atoms with van der Waals surface area (Å²) in [4.78, 5) is 0. The summed E-state index contributed by atoms with van der Waals surface area (Å²) in [6, 6.07) is 62.4. The first-order chi connectivity index (χ1) is 25.3. The van der Waals surface area contributed by atoms with Crippen molar-refractivity contribution >= 4 is 65.7 Å². The zero-order chi connectivity index (χ0) is 33.5. The Bertz CT molecular complexity index is 2950. The standard InChI is InChI=1S/C48H29NO2/c1-2-12-30(13-3-1)31-26-28-32(29-27-31)49-45-35(16-8-18-37(45)41-22-10-20-39-33-14-4-6-24-43(33)50-47(39)41)36-17-9-19-38(46(36)49)42-23-11-21-40-34-15-5-7-25-44(34)51-48(40)42/h1-29H. The summed E-state index contributed by atoms with van der Waals surface area (Å²) in [5, 5.41) is 6.85. The van der Waals surface area contributed by atoms with Crippen LogP contribution in [0.1, 0.15) is 0 Å². The summed E-state index contributed by atoms with van der Waals surface area (Å²) in [7, 11) is 0. The Balaban J connectivity index is 1.26. The van der Waals surface area contributed by atoms with Crippen LogP contribution < -0.4 is 0 Å². The van der Waals surface area contributed by atoms with Crippen molar-refractivity contribution in [2.45, 2.75) is 0 Å². The van der Waals surface area contributed by atoms with Crippen molar-refractivity contribution in [2.24, 2.45) is 0 Å². The van der Waals surface area contributed by atoms with Crippen LogP contribution in [-0.4, -0.2) is 4.57 Å². The maximum absolute atomic E-state index is 6.62. The van der Waals surface area contributed by atoms with Crippen molar-refractivity contribution in [1.82, 2.24) is 4.57 Å². The first-order valence-electron chi connectivity index (χ1n) is 17.4. The van der Waals surface area contributed by atoms with Crippen LogP contribution in [-0.2, 0) is 0 Å². The quantitative estimate of drug-likeness (QED) is 0.190. The maximum Gasteiger partial charge on any atom is 0.143 e. The highest BCUT2D eigenvalue weighted by atomic mass is 16.3. The van der Waals surface area contributed by atoms with Gasteiger partial charge in [0.05, 0.1) is 11.0 Å². The van der Waals surface area contributed by atoms with Gasteiger partial charge in [-0.15, -0.1) is 0 Å². The van der Waals surface area contributed by atoms with E-state index >= 15 is 0 Å². The van der Waals surface area contributed by atoms with Crippen LogP contribution in [0.2, 0.25) is 0 Å². The Labute approximate surface area is 293 Å². The average Bonchev–Trinajstić information content (AvgIpc) is 3.88. The topological polar surface area (TPSA) is 31.2 Å². The number of aromatic nitrogens is 1. The molecular weight excluding hydrogens is 623 g/mol. The molecule has 11 rings (SSSR count). The van der Waals surface area contributed by atoms with Gasteiger partial charge in [-0.25, -0.2) is 0 Å². The second kappa shape index (κ2) is 10.8. The van der Waals surface area contributed by atoms with E-state index < -0.39 is 0 Å². The summed E-state index contributed by atoms with van der Waals surface area (Å²) in [5.74, 6) is 0. The third kappa shape index (κ3) is 4.12. The van der Waals surface area contributed by atoms with Crippen molar-refractivity contribution in [3.8, 4) is 39.1 Å². The molecule has 3 heteroatoms. The number of benzene rings is 8. The number of fused-ring (bicyclic) bond motifs is 9. The van der Waals surface area contributed by atoms with Crippen LogP contribution in [0.25, 0.3) is 105 Å². The molecule has 0 unspecified atom stereocenters. The Hall–Kier alpha value is -6.84. The van der Waals surface area contributed by atoms with E-state index in [9.17, 15) is 0 Å². The predicted molar refractivity (Wildman–Crippen MR) is 212 cm³/mol. The van der Waals surface area contributed by atoms with Crippen molar-refractivity contribution in [3.63, 3.8) is 0 Å².